The van der Waals surface area contributed by atoms with Gasteiger partial charge in [-0.3, -0.25) is 19.4 Å². The molecule has 1 N–H and O–H groups in total. The number of aromatic nitrogens is 2. The molecule has 3 heterocycles. The normalized spacial score (nSPS) is 14.4. The van der Waals surface area contributed by atoms with Crippen LogP contribution in [0.5, 0.6) is 0 Å². The number of nitrogens with zero attached hydrogens (tertiary/aromatic N) is 8. The zero-order chi connectivity index (χ0) is 49.8. The molecule has 7 rings (SSSR count). The lowest BCUT2D eigenvalue weighted by molar-refractivity contribution is -0.131. The van der Waals surface area contributed by atoms with Crippen molar-refractivity contribution in [3.05, 3.63) is 129 Å². The third kappa shape index (κ3) is 14.0. The summed E-state index contributed by atoms with van der Waals surface area (Å²) in [6.45, 7) is 10.3. The molecule has 0 saturated carbocycles. The van der Waals surface area contributed by atoms with Gasteiger partial charge in [0.1, 0.15) is 11.6 Å². The standard InChI is InChI=1S/C24H26ClF3N4O3.C23H23ClF3N5O2/c1-2-30-8-10-31(11-9-30)24(35)32(19-5-3-4-18(25)13-19)15-17-7-6-16(12-20(17)26)21(33)14-29-23(34)22(27)28;1-2-30-8-10-31(11-9-30)23(33)32(18-5-3-4-17(24)13-18)14-16-7-6-15(12-19(16)25)21-28-29-22(34-21)20(26)27/h3-7,12-13,22H,2,8-11,14-15H2,1H3,(H,29,34);3-7,12-13,20H,2,8-11,14H2,1H3. The van der Waals surface area contributed by atoms with E-state index in [9.17, 15) is 41.1 Å². The Kier molecular flexibility index (Phi) is 18.4. The van der Waals surface area contributed by atoms with Gasteiger partial charge in [-0.25, -0.2) is 18.4 Å². The van der Waals surface area contributed by atoms with Gasteiger partial charge in [-0.05, 0) is 67.7 Å². The summed E-state index contributed by atoms with van der Waals surface area (Å²) in [6, 6.07) is 20.7. The lowest BCUT2D eigenvalue weighted by Crippen LogP contribution is -2.52. The first kappa shape index (κ1) is 52.2. The van der Waals surface area contributed by atoms with Gasteiger partial charge < -0.3 is 29.3 Å². The number of nitrogens with one attached hydrogen (secondary N) is 1. The highest BCUT2D eigenvalue weighted by molar-refractivity contribution is 6.31. The first-order chi connectivity index (χ1) is 33.0. The molecule has 2 aliphatic heterocycles. The van der Waals surface area contributed by atoms with E-state index in [2.05, 4.69) is 33.8 Å². The highest BCUT2D eigenvalue weighted by Crippen LogP contribution is 2.29. The van der Waals surface area contributed by atoms with Crippen molar-refractivity contribution in [1.82, 2.24) is 35.1 Å². The van der Waals surface area contributed by atoms with E-state index in [0.29, 0.717) is 47.6 Å². The van der Waals surface area contributed by atoms with E-state index >= 15 is 4.39 Å². The van der Waals surface area contributed by atoms with Gasteiger partial charge >= 0.3 is 24.9 Å². The maximum absolute atomic E-state index is 15.0. The van der Waals surface area contributed by atoms with Crippen LogP contribution >= 0.6 is 23.2 Å². The molecule has 0 unspecified atom stereocenters. The maximum atomic E-state index is 15.0. The summed E-state index contributed by atoms with van der Waals surface area (Å²) >= 11 is 12.3. The van der Waals surface area contributed by atoms with Gasteiger partial charge in [0.2, 0.25) is 5.89 Å². The van der Waals surface area contributed by atoms with Crippen LogP contribution in [0.15, 0.2) is 89.3 Å². The van der Waals surface area contributed by atoms with Crippen LogP contribution in [0.25, 0.3) is 11.5 Å². The van der Waals surface area contributed by atoms with Crippen LogP contribution in [0.1, 0.15) is 47.6 Å². The van der Waals surface area contributed by atoms with E-state index in [4.69, 9.17) is 27.6 Å². The van der Waals surface area contributed by atoms with Crippen molar-refractivity contribution in [3.8, 4) is 11.5 Å². The Balaban J connectivity index is 0.000000227. The van der Waals surface area contributed by atoms with Gasteiger partial charge in [0.15, 0.2) is 5.78 Å². The topological polar surface area (TPSA) is 139 Å². The molecule has 5 amide bonds. The number of urea groups is 2. The van der Waals surface area contributed by atoms with Crippen LogP contribution in [0.2, 0.25) is 10.0 Å². The molecular weight excluding hydrogens is 955 g/mol. The monoisotopic (exact) mass is 1000 g/mol. The Morgan fingerprint density at radius 1 is 0.667 bits per heavy atom. The quantitative estimate of drug-likeness (QED) is 0.0854. The number of hydrogen-bond donors (Lipinski definition) is 1. The summed E-state index contributed by atoms with van der Waals surface area (Å²) in [5, 5.41) is 9.48. The summed E-state index contributed by atoms with van der Waals surface area (Å²) in [7, 11) is 0. The highest BCUT2D eigenvalue weighted by Gasteiger charge is 2.29. The smallest absolute Gasteiger partial charge is 0.324 e. The van der Waals surface area contributed by atoms with Crippen LogP contribution in [0.4, 0.5) is 47.3 Å². The number of ketones is 1. The summed E-state index contributed by atoms with van der Waals surface area (Å²) < 4.78 is 84.9. The Morgan fingerprint density at radius 3 is 1.58 bits per heavy atom. The first-order valence-electron chi connectivity index (χ1n) is 21.9. The van der Waals surface area contributed by atoms with Gasteiger partial charge in [0, 0.05) is 96.0 Å². The number of benzene rings is 4. The lowest BCUT2D eigenvalue weighted by atomic mass is 10.1. The van der Waals surface area contributed by atoms with Crippen molar-refractivity contribution >= 4 is 58.3 Å². The first-order valence-corrected chi connectivity index (χ1v) is 22.7. The van der Waals surface area contributed by atoms with E-state index < -0.39 is 48.6 Å². The lowest BCUT2D eigenvalue weighted by Gasteiger charge is -2.37. The molecule has 0 atom stereocenters. The van der Waals surface area contributed by atoms with Crippen molar-refractivity contribution in [3.63, 3.8) is 0 Å². The average Bonchev–Trinajstić information content (AvgIpc) is 3.86. The van der Waals surface area contributed by atoms with E-state index in [1.165, 1.54) is 34.1 Å². The molecule has 22 heteroatoms. The number of alkyl halides is 4. The molecule has 69 heavy (non-hydrogen) atoms. The van der Waals surface area contributed by atoms with Gasteiger partial charge in [-0.15, -0.1) is 10.2 Å². The van der Waals surface area contributed by atoms with Crippen LogP contribution < -0.4 is 15.1 Å². The van der Waals surface area contributed by atoms with Gasteiger partial charge in [-0.1, -0.05) is 67.4 Å². The minimum atomic E-state index is -3.25. The molecule has 2 fully saturated rings. The Morgan fingerprint density at radius 2 is 1.16 bits per heavy atom. The second-order valence-electron chi connectivity index (χ2n) is 15.8. The number of Topliss-reactive ketones (excluding diaryl/α,β-unsaturated/α-hetero) is 1. The predicted octanol–water partition coefficient (Wildman–Crippen LogP) is 9.04. The van der Waals surface area contributed by atoms with Gasteiger partial charge in [0.05, 0.1) is 19.6 Å². The zero-order valence-electron chi connectivity index (χ0n) is 37.6. The fourth-order valence-electron chi connectivity index (χ4n) is 7.46. The van der Waals surface area contributed by atoms with Crippen LogP contribution in [0, 0.1) is 11.6 Å². The number of rotatable bonds is 14. The molecule has 0 radical (unpaired) electrons. The molecule has 4 aromatic carbocycles. The van der Waals surface area contributed by atoms with Crippen molar-refractivity contribution in [2.45, 2.75) is 39.8 Å². The fourth-order valence-corrected chi connectivity index (χ4v) is 7.83. The summed E-state index contributed by atoms with van der Waals surface area (Å²) in [5.41, 5.74) is 1.50. The van der Waals surface area contributed by atoms with Gasteiger partial charge in [0.25, 0.3) is 11.8 Å². The van der Waals surface area contributed by atoms with E-state index in [0.717, 1.165) is 51.4 Å². The molecule has 2 aliphatic rings. The molecule has 2 saturated heterocycles. The van der Waals surface area contributed by atoms with Crippen LogP contribution in [0.3, 0.4) is 0 Å². The molecule has 0 bridgehead atoms. The fraction of sp³-hybridized carbons (Fsp3) is 0.362. The largest absolute Gasteiger partial charge is 0.415 e. The van der Waals surface area contributed by atoms with Crippen molar-refractivity contribution in [2.75, 3.05) is 81.8 Å². The van der Waals surface area contributed by atoms with E-state index in [1.54, 1.807) is 63.6 Å². The average molecular weight is 1000 g/mol. The number of anilines is 2. The van der Waals surface area contributed by atoms with Crippen LogP contribution in [-0.2, 0) is 17.9 Å². The Hall–Kier alpha value is -6.22. The zero-order valence-corrected chi connectivity index (χ0v) is 39.1. The predicted molar refractivity (Wildman–Crippen MR) is 248 cm³/mol. The van der Waals surface area contributed by atoms with Crippen molar-refractivity contribution < 1.29 is 49.9 Å². The van der Waals surface area contributed by atoms with Crippen molar-refractivity contribution in [1.29, 1.82) is 0 Å². The minimum Gasteiger partial charge on any atom is -0.415 e. The number of amides is 5. The molecule has 368 valence electrons. The molecule has 0 spiro atoms. The number of hydrogen-bond acceptors (Lipinski definition) is 9. The Labute approximate surface area is 404 Å². The van der Waals surface area contributed by atoms with E-state index in [-0.39, 0.29) is 53.3 Å². The number of carbonyl (C=O) groups is 4. The van der Waals surface area contributed by atoms with E-state index in [1.807, 2.05) is 0 Å². The second kappa shape index (κ2) is 24.4. The second-order valence-corrected chi connectivity index (χ2v) is 16.7. The highest BCUT2D eigenvalue weighted by atomic mass is 35.5. The molecule has 0 aliphatic carbocycles. The number of likely N-dealkylation sites (N-methyl/N-ethyl adjacent to an activating group) is 2. The third-order valence-corrected chi connectivity index (χ3v) is 11.9. The molecular formula is C47H49Cl2F6N9O5. The number of carbonyl (C=O) groups excluding carboxylic acids is 4. The third-order valence-electron chi connectivity index (χ3n) is 11.5. The minimum absolute atomic E-state index is 0.0502. The van der Waals surface area contributed by atoms with Crippen LogP contribution in [-0.4, -0.2) is 132 Å². The molecule has 5 aromatic rings. The SMILES string of the molecule is CCN1CCN(C(=O)N(Cc2ccc(-c3nnc(C(F)F)o3)cc2F)c2cccc(Cl)c2)CC1.CCN1CCN(C(=O)N(Cc2ccc(C(=O)CNC(=O)C(F)F)cc2F)c2cccc(Cl)c2)CC1. The molecule has 14 nitrogen and oxygen atoms in total. The van der Waals surface area contributed by atoms with Gasteiger partial charge in [-0.2, -0.15) is 17.6 Å². The maximum Gasteiger partial charge on any atom is 0.324 e. The Bertz CT molecular complexity index is 2580. The summed E-state index contributed by atoms with van der Waals surface area (Å²) in [5.74, 6) is -4.72. The summed E-state index contributed by atoms with van der Waals surface area (Å²) in [4.78, 5) is 60.8. The number of halogens is 8. The number of piperazine rings is 2. The molecule has 1 aromatic heterocycles. The van der Waals surface area contributed by atoms with Crippen molar-refractivity contribution in [2.24, 2.45) is 0 Å². The summed E-state index contributed by atoms with van der Waals surface area (Å²) in [6.07, 6.45) is -6.16.